The number of amides is 1. The van der Waals surface area contributed by atoms with Gasteiger partial charge in [-0.05, 0) is 42.8 Å². The fourth-order valence-electron chi connectivity index (χ4n) is 1.45. The summed E-state index contributed by atoms with van der Waals surface area (Å²) in [7, 11) is 0. The van der Waals surface area contributed by atoms with E-state index in [4.69, 9.17) is 11.6 Å². The second kappa shape index (κ2) is 5.06. The molecule has 0 saturated heterocycles. The molecule has 2 N–H and O–H groups in total. The van der Waals surface area contributed by atoms with E-state index in [-0.39, 0.29) is 11.7 Å². The van der Waals surface area contributed by atoms with E-state index in [1.54, 1.807) is 31.2 Å². The molecule has 1 aromatic carbocycles. The van der Waals surface area contributed by atoms with Gasteiger partial charge in [-0.15, -0.1) is 0 Å². The summed E-state index contributed by atoms with van der Waals surface area (Å²) in [6.07, 6.45) is 1.41. The molecular weight excluding hydrogens is 252 g/mol. The van der Waals surface area contributed by atoms with Crippen LogP contribution in [0.4, 0.5) is 5.69 Å². The number of pyridine rings is 1. The molecule has 4 nitrogen and oxygen atoms in total. The maximum atomic E-state index is 11.9. The van der Waals surface area contributed by atoms with Crippen molar-refractivity contribution in [3.8, 4) is 5.75 Å². The summed E-state index contributed by atoms with van der Waals surface area (Å²) < 4.78 is 0. The number of carbonyl (C=O) groups is 1. The number of benzene rings is 1. The van der Waals surface area contributed by atoms with Crippen molar-refractivity contribution in [1.29, 1.82) is 0 Å². The summed E-state index contributed by atoms with van der Waals surface area (Å²) in [5.41, 5.74) is 1.73. The van der Waals surface area contributed by atoms with Crippen LogP contribution in [0.25, 0.3) is 0 Å². The number of hydrogen-bond acceptors (Lipinski definition) is 3. The van der Waals surface area contributed by atoms with Gasteiger partial charge in [-0.2, -0.15) is 0 Å². The van der Waals surface area contributed by atoms with Crippen LogP contribution >= 0.6 is 11.6 Å². The Bertz CT molecular complexity index is 582. The Morgan fingerprint density at radius 3 is 2.72 bits per heavy atom. The Morgan fingerprint density at radius 1 is 1.33 bits per heavy atom. The average Bonchev–Trinajstić information content (AvgIpc) is 2.34. The molecular formula is C13H11ClN2O2. The second-order valence-corrected chi connectivity index (χ2v) is 4.21. The van der Waals surface area contributed by atoms with Gasteiger partial charge >= 0.3 is 0 Å². The Labute approximate surface area is 109 Å². The number of hydrogen-bond donors (Lipinski definition) is 2. The Kier molecular flexibility index (Phi) is 3.48. The highest BCUT2D eigenvalue weighted by molar-refractivity contribution is 6.29. The van der Waals surface area contributed by atoms with E-state index in [0.29, 0.717) is 22.0 Å². The van der Waals surface area contributed by atoms with Crippen LogP contribution in [0.2, 0.25) is 5.15 Å². The molecule has 1 aromatic heterocycles. The summed E-state index contributed by atoms with van der Waals surface area (Å²) in [4.78, 5) is 15.7. The molecule has 0 spiro atoms. The van der Waals surface area contributed by atoms with Gasteiger partial charge in [0.05, 0.1) is 5.56 Å². The molecule has 1 heterocycles. The molecule has 0 bridgehead atoms. The maximum Gasteiger partial charge on any atom is 0.257 e. The number of phenols is 1. The van der Waals surface area contributed by atoms with Crippen LogP contribution in [0.15, 0.2) is 36.5 Å². The van der Waals surface area contributed by atoms with Crippen molar-refractivity contribution >= 4 is 23.2 Å². The molecule has 2 aromatic rings. The minimum absolute atomic E-state index is 0.196. The number of aromatic nitrogens is 1. The van der Waals surface area contributed by atoms with E-state index in [9.17, 15) is 9.90 Å². The van der Waals surface area contributed by atoms with E-state index in [1.807, 2.05) is 0 Å². The number of rotatable bonds is 2. The number of carbonyl (C=O) groups excluding carboxylic acids is 1. The largest absolute Gasteiger partial charge is 0.508 e. The van der Waals surface area contributed by atoms with Crippen LogP contribution in [0, 0.1) is 6.92 Å². The summed E-state index contributed by atoms with van der Waals surface area (Å²) >= 11 is 5.64. The fourth-order valence-corrected chi connectivity index (χ4v) is 1.56. The zero-order chi connectivity index (χ0) is 13.1. The smallest absolute Gasteiger partial charge is 0.257 e. The molecule has 0 aliphatic heterocycles. The molecule has 0 atom stereocenters. The molecule has 18 heavy (non-hydrogen) atoms. The monoisotopic (exact) mass is 262 g/mol. The number of nitrogens with one attached hydrogen (secondary N) is 1. The van der Waals surface area contributed by atoms with Gasteiger partial charge in [0.1, 0.15) is 10.9 Å². The molecule has 0 fully saturated rings. The zero-order valence-corrected chi connectivity index (χ0v) is 10.4. The second-order valence-electron chi connectivity index (χ2n) is 3.82. The van der Waals surface area contributed by atoms with Gasteiger partial charge in [0.2, 0.25) is 0 Å². The van der Waals surface area contributed by atoms with Crippen molar-refractivity contribution < 1.29 is 9.90 Å². The average molecular weight is 263 g/mol. The Morgan fingerprint density at radius 2 is 2.11 bits per heavy atom. The van der Waals surface area contributed by atoms with Crippen molar-refractivity contribution in [3.05, 3.63) is 52.8 Å². The third-order valence-corrected chi connectivity index (χ3v) is 2.67. The molecule has 0 radical (unpaired) electrons. The van der Waals surface area contributed by atoms with Crippen LogP contribution in [-0.4, -0.2) is 16.0 Å². The minimum atomic E-state index is -0.274. The summed E-state index contributed by atoms with van der Waals surface area (Å²) in [6.45, 7) is 1.76. The quantitative estimate of drug-likeness (QED) is 0.646. The highest BCUT2D eigenvalue weighted by atomic mass is 35.5. The molecule has 92 valence electrons. The molecule has 5 heteroatoms. The van der Waals surface area contributed by atoms with E-state index in [2.05, 4.69) is 10.3 Å². The zero-order valence-electron chi connectivity index (χ0n) is 9.64. The van der Waals surface area contributed by atoms with Crippen LogP contribution in [0.5, 0.6) is 5.75 Å². The number of halogens is 1. The lowest BCUT2D eigenvalue weighted by Crippen LogP contribution is -2.12. The number of phenolic OH excluding ortho intramolecular Hbond substituents is 1. The minimum Gasteiger partial charge on any atom is -0.508 e. The first kappa shape index (κ1) is 12.4. The van der Waals surface area contributed by atoms with Crippen LogP contribution in [-0.2, 0) is 0 Å². The topological polar surface area (TPSA) is 62.2 Å². The van der Waals surface area contributed by atoms with E-state index in [1.165, 1.54) is 12.3 Å². The van der Waals surface area contributed by atoms with Crippen molar-refractivity contribution in [2.24, 2.45) is 0 Å². The molecule has 0 aliphatic rings. The SMILES string of the molecule is Cc1cc(NC(=O)c2ccc(Cl)nc2)ccc1O. The first-order valence-corrected chi connectivity index (χ1v) is 5.66. The third kappa shape index (κ3) is 2.78. The lowest BCUT2D eigenvalue weighted by molar-refractivity contribution is 0.102. The van der Waals surface area contributed by atoms with Gasteiger partial charge < -0.3 is 10.4 Å². The maximum absolute atomic E-state index is 11.9. The first-order valence-electron chi connectivity index (χ1n) is 5.29. The Hall–Kier alpha value is -2.07. The van der Waals surface area contributed by atoms with Gasteiger partial charge in [-0.25, -0.2) is 4.98 Å². The molecule has 2 rings (SSSR count). The van der Waals surface area contributed by atoms with E-state index in [0.717, 1.165) is 0 Å². The highest BCUT2D eigenvalue weighted by Crippen LogP contribution is 2.20. The van der Waals surface area contributed by atoms with Crippen LogP contribution in [0.3, 0.4) is 0 Å². The number of nitrogens with zero attached hydrogens (tertiary/aromatic N) is 1. The van der Waals surface area contributed by atoms with Gasteiger partial charge in [-0.1, -0.05) is 11.6 Å². The number of aryl methyl sites for hydroxylation is 1. The predicted molar refractivity (Wildman–Crippen MR) is 70.0 cm³/mol. The Balaban J connectivity index is 2.16. The van der Waals surface area contributed by atoms with Gasteiger partial charge in [0.25, 0.3) is 5.91 Å². The van der Waals surface area contributed by atoms with Crippen LogP contribution < -0.4 is 5.32 Å². The fraction of sp³-hybridized carbons (Fsp3) is 0.0769. The van der Waals surface area contributed by atoms with Crippen LogP contribution in [0.1, 0.15) is 15.9 Å². The summed E-state index contributed by atoms with van der Waals surface area (Å²) in [6, 6.07) is 8.00. The predicted octanol–water partition coefficient (Wildman–Crippen LogP) is 3.00. The standard InChI is InChI=1S/C13H11ClN2O2/c1-8-6-10(3-4-11(8)17)16-13(18)9-2-5-12(14)15-7-9/h2-7,17H,1H3,(H,16,18). The first-order chi connectivity index (χ1) is 8.56. The molecule has 1 amide bonds. The highest BCUT2D eigenvalue weighted by Gasteiger charge is 2.07. The van der Waals surface area contributed by atoms with Crippen molar-refractivity contribution in [3.63, 3.8) is 0 Å². The lowest BCUT2D eigenvalue weighted by Gasteiger charge is -2.06. The molecule has 0 saturated carbocycles. The summed E-state index contributed by atoms with van der Waals surface area (Å²) in [5.74, 6) is -0.0783. The van der Waals surface area contributed by atoms with Gasteiger partial charge in [0.15, 0.2) is 0 Å². The van der Waals surface area contributed by atoms with Crippen molar-refractivity contribution in [2.75, 3.05) is 5.32 Å². The molecule has 0 aliphatic carbocycles. The lowest BCUT2D eigenvalue weighted by atomic mass is 10.2. The van der Waals surface area contributed by atoms with Crippen molar-refractivity contribution in [1.82, 2.24) is 4.98 Å². The van der Waals surface area contributed by atoms with Crippen molar-refractivity contribution in [2.45, 2.75) is 6.92 Å². The van der Waals surface area contributed by atoms with E-state index >= 15 is 0 Å². The van der Waals surface area contributed by atoms with Gasteiger partial charge in [-0.3, -0.25) is 4.79 Å². The number of anilines is 1. The number of aromatic hydroxyl groups is 1. The normalized spacial score (nSPS) is 10.1. The van der Waals surface area contributed by atoms with E-state index < -0.39 is 0 Å². The third-order valence-electron chi connectivity index (χ3n) is 2.44. The summed E-state index contributed by atoms with van der Waals surface area (Å²) in [5, 5.41) is 12.4. The molecule has 0 unspecified atom stereocenters. The van der Waals surface area contributed by atoms with Gasteiger partial charge in [0, 0.05) is 11.9 Å².